The van der Waals surface area contributed by atoms with Crippen LogP contribution in [0, 0.1) is 0 Å². The van der Waals surface area contributed by atoms with Gasteiger partial charge in [0.25, 0.3) is 0 Å². The van der Waals surface area contributed by atoms with Gasteiger partial charge in [0, 0.05) is 44.6 Å². The Morgan fingerprint density at radius 3 is 2.06 bits per heavy atom. The Morgan fingerprint density at radius 1 is 1.06 bits per heavy atom. The number of nitrogens with zero attached hydrogens (tertiary/aromatic N) is 2. The molecule has 1 N–H and O–H groups in total. The molecule has 2 rings (SSSR count). The zero-order chi connectivity index (χ0) is 13.2. The molecule has 0 aromatic heterocycles. The minimum absolute atomic E-state index is 0.562. The Kier molecular flexibility index (Phi) is 3.77. The van der Waals surface area contributed by atoms with E-state index in [0.717, 1.165) is 24.5 Å². The number of piperazine rings is 1. The molecule has 0 atom stereocenters. The van der Waals surface area contributed by atoms with Gasteiger partial charge in [-0.2, -0.15) is 4.31 Å². The first-order chi connectivity index (χ1) is 8.50. The van der Waals surface area contributed by atoms with E-state index in [1.54, 1.807) is 0 Å². The Labute approximate surface area is 108 Å². The van der Waals surface area contributed by atoms with Crippen LogP contribution in [0.3, 0.4) is 0 Å². The number of hydrogen-bond donors (Lipinski definition) is 1. The third kappa shape index (κ3) is 2.94. The zero-order valence-electron chi connectivity index (χ0n) is 10.8. The van der Waals surface area contributed by atoms with Gasteiger partial charge in [-0.1, -0.05) is 0 Å². The molecule has 0 unspecified atom stereocenters. The van der Waals surface area contributed by atoms with Crippen LogP contribution in [0.2, 0.25) is 0 Å². The van der Waals surface area contributed by atoms with E-state index in [4.69, 9.17) is 0 Å². The van der Waals surface area contributed by atoms with Crippen molar-refractivity contribution < 1.29 is 8.42 Å². The molecular formula is C12H19N3O2S. The van der Waals surface area contributed by atoms with Gasteiger partial charge in [0.2, 0.25) is 10.0 Å². The maximum Gasteiger partial charge on any atom is 0.211 e. The van der Waals surface area contributed by atoms with Gasteiger partial charge in [-0.05, 0) is 24.3 Å². The third-order valence-electron chi connectivity index (χ3n) is 3.23. The minimum atomic E-state index is -3.05. The highest BCUT2D eigenvalue weighted by atomic mass is 32.2. The van der Waals surface area contributed by atoms with E-state index in [0.29, 0.717) is 13.1 Å². The van der Waals surface area contributed by atoms with Gasteiger partial charge in [0.1, 0.15) is 0 Å². The number of anilines is 2. The molecule has 5 nitrogen and oxygen atoms in total. The molecule has 0 amide bonds. The second-order valence-corrected chi connectivity index (χ2v) is 6.43. The summed E-state index contributed by atoms with van der Waals surface area (Å²) in [4.78, 5) is 2.21. The molecule has 18 heavy (non-hydrogen) atoms. The molecule has 1 aliphatic heterocycles. The number of rotatable bonds is 3. The normalized spacial score (nSPS) is 17.8. The molecule has 6 heteroatoms. The molecule has 1 fully saturated rings. The van der Waals surface area contributed by atoms with Crippen molar-refractivity contribution in [3.8, 4) is 0 Å². The minimum Gasteiger partial charge on any atom is -0.388 e. The van der Waals surface area contributed by atoms with E-state index in [2.05, 4.69) is 22.3 Å². The van der Waals surface area contributed by atoms with Crippen LogP contribution in [-0.4, -0.2) is 52.2 Å². The Hall–Kier alpha value is -1.27. The number of hydrogen-bond acceptors (Lipinski definition) is 4. The maximum absolute atomic E-state index is 11.4. The topological polar surface area (TPSA) is 52.6 Å². The first-order valence-corrected chi connectivity index (χ1v) is 7.83. The number of sulfonamides is 1. The summed E-state index contributed by atoms with van der Waals surface area (Å²) in [7, 11) is -1.16. The highest BCUT2D eigenvalue weighted by molar-refractivity contribution is 7.88. The Balaban J connectivity index is 2.01. The fraction of sp³-hybridized carbons (Fsp3) is 0.500. The largest absolute Gasteiger partial charge is 0.388 e. The smallest absolute Gasteiger partial charge is 0.211 e. The fourth-order valence-corrected chi connectivity index (χ4v) is 2.94. The van der Waals surface area contributed by atoms with E-state index in [1.165, 1.54) is 10.6 Å². The summed E-state index contributed by atoms with van der Waals surface area (Å²) in [5, 5.41) is 3.08. The lowest BCUT2D eigenvalue weighted by Gasteiger charge is -2.34. The van der Waals surface area contributed by atoms with E-state index in [-0.39, 0.29) is 0 Å². The lowest BCUT2D eigenvalue weighted by molar-refractivity contribution is 0.388. The van der Waals surface area contributed by atoms with Crippen molar-refractivity contribution >= 4 is 21.4 Å². The van der Waals surface area contributed by atoms with E-state index in [1.807, 2.05) is 19.2 Å². The first kappa shape index (κ1) is 13.2. The molecule has 1 aromatic rings. The van der Waals surface area contributed by atoms with Crippen LogP contribution in [0.25, 0.3) is 0 Å². The van der Waals surface area contributed by atoms with Gasteiger partial charge in [-0.25, -0.2) is 8.42 Å². The van der Waals surface area contributed by atoms with Crippen LogP contribution in [0.1, 0.15) is 0 Å². The van der Waals surface area contributed by atoms with Gasteiger partial charge in [0.15, 0.2) is 0 Å². The zero-order valence-corrected chi connectivity index (χ0v) is 11.6. The molecule has 100 valence electrons. The summed E-state index contributed by atoms with van der Waals surface area (Å²) in [5.41, 5.74) is 2.22. The standard InChI is InChI=1S/C12H19N3O2S/c1-13-11-3-5-12(6-4-11)14-7-9-15(10-8-14)18(2,16)17/h3-6,13H,7-10H2,1-2H3. The SMILES string of the molecule is CNc1ccc(N2CCN(S(C)(=O)=O)CC2)cc1. The van der Waals surface area contributed by atoms with E-state index in [9.17, 15) is 8.42 Å². The summed E-state index contributed by atoms with van der Waals surface area (Å²) in [5.74, 6) is 0. The average molecular weight is 269 g/mol. The summed E-state index contributed by atoms with van der Waals surface area (Å²) >= 11 is 0. The average Bonchev–Trinajstić information content (AvgIpc) is 2.38. The van der Waals surface area contributed by atoms with E-state index >= 15 is 0 Å². The van der Waals surface area contributed by atoms with Crippen LogP contribution < -0.4 is 10.2 Å². The first-order valence-electron chi connectivity index (χ1n) is 5.98. The van der Waals surface area contributed by atoms with E-state index < -0.39 is 10.0 Å². The van der Waals surface area contributed by atoms with Crippen LogP contribution >= 0.6 is 0 Å². The van der Waals surface area contributed by atoms with Crippen molar-refractivity contribution in [1.29, 1.82) is 0 Å². The van der Waals surface area contributed by atoms with Gasteiger partial charge < -0.3 is 10.2 Å². The molecule has 1 saturated heterocycles. The second kappa shape index (κ2) is 5.16. The van der Waals surface area contributed by atoms with Crippen molar-refractivity contribution in [2.45, 2.75) is 0 Å². The van der Waals surface area contributed by atoms with Gasteiger partial charge in [0.05, 0.1) is 6.26 Å². The molecule has 0 saturated carbocycles. The molecule has 1 aromatic carbocycles. The molecule has 0 bridgehead atoms. The summed E-state index contributed by atoms with van der Waals surface area (Å²) in [6.45, 7) is 2.61. The quantitative estimate of drug-likeness (QED) is 0.882. The summed E-state index contributed by atoms with van der Waals surface area (Å²) in [6.07, 6.45) is 1.27. The van der Waals surface area contributed by atoms with Crippen molar-refractivity contribution in [2.24, 2.45) is 0 Å². The van der Waals surface area contributed by atoms with Crippen molar-refractivity contribution in [2.75, 3.05) is 49.7 Å². The third-order valence-corrected chi connectivity index (χ3v) is 4.53. The Morgan fingerprint density at radius 2 is 1.61 bits per heavy atom. The summed E-state index contributed by atoms with van der Waals surface area (Å²) < 4.78 is 24.4. The van der Waals surface area contributed by atoms with Crippen molar-refractivity contribution in [3.05, 3.63) is 24.3 Å². The van der Waals surface area contributed by atoms with Crippen molar-refractivity contribution in [3.63, 3.8) is 0 Å². The van der Waals surface area contributed by atoms with Gasteiger partial charge in [-0.3, -0.25) is 0 Å². The predicted octanol–water partition coefficient (Wildman–Crippen LogP) is 0.810. The molecule has 0 radical (unpaired) electrons. The van der Waals surface area contributed by atoms with Crippen LogP contribution in [0.4, 0.5) is 11.4 Å². The number of benzene rings is 1. The van der Waals surface area contributed by atoms with Gasteiger partial charge in [-0.15, -0.1) is 0 Å². The summed E-state index contributed by atoms with van der Waals surface area (Å²) in [6, 6.07) is 8.17. The highest BCUT2D eigenvalue weighted by Crippen LogP contribution is 2.19. The highest BCUT2D eigenvalue weighted by Gasteiger charge is 2.23. The van der Waals surface area contributed by atoms with Gasteiger partial charge >= 0.3 is 0 Å². The molecule has 0 spiro atoms. The lowest BCUT2D eigenvalue weighted by Crippen LogP contribution is -2.48. The molecular weight excluding hydrogens is 250 g/mol. The second-order valence-electron chi connectivity index (χ2n) is 4.45. The maximum atomic E-state index is 11.4. The fourth-order valence-electron chi connectivity index (χ4n) is 2.12. The van der Waals surface area contributed by atoms with Crippen LogP contribution in [0.15, 0.2) is 24.3 Å². The lowest BCUT2D eigenvalue weighted by atomic mass is 10.2. The monoisotopic (exact) mass is 269 g/mol. The predicted molar refractivity (Wildman–Crippen MR) is 74.6 cm³/mol. The molecule has 0 aliphatic carbocycles. The van der Waals surface area contributed by atoms with Crippen molar-refractivity contribution in [1.82, 2.24) is 4.31 Å². The molecule has 1 aliphatic rings. The van der Waals surface area contributed by atoms with Crippen LogP contribution in [0.5, 0.6) is 0 Å². The van der Waals surface area contributed by atoms with Crippen LogP contribution in [-0.2, 0) is 10.0 Å². The molecule has 1 heterocycles. The number of nitrogens with one attached hydrogen (secondary N) is 1. The Bertz CT molecular complexity index is 491.